The molecule has 1 aliphatic carbocycles. The van der Waals surface area contributed by atoms with Gasteiger partial charge in [-0.15, -0.1) is 6.42 Å². The van der Waals surface area contributed by atoms with Gasteiger partial charge in [0, 0.05) is 119 Å². The fourth-order valence-corrected chi connectivity index (χ4v) is 12.5. The molecule has 74 heavy (non-hydrogen) atoms. The van der Waals surface area contributed by atoms with E-state index in [2.05, 4.69) is 48.1 Å². The molecule has 3 atom stereocenters. The molecule has 1 spiro atoms. The Morgan fingerprint density at radius 2 is 1.72 bits per heavy atom. The van der Waals surface area contributed by atoms with Crippen LogP contribution >= 0.6 is 0 Å². The van der Waals surface area contributed by atoms with Gasteiger partial charge in [0.2, 0.25) is 5.91 Å². The van der Waals surface area contributed by atoms with Gasteiger partial charge < -0.3 is 39.5 Å². The number of aromatic nitrogens is 3. The van der Waals surface area contributed by atoms with Crippen LogP contribution in [0.3, 0.4) is 0 Å². The van der Waals surface area contributed by atoms with Crippen molar-refractivity contribution >= 4 is 51.0 Å². The molecule has 388 valence electrons. The predicted molar refractivity (Wildman–Crippen MR) is 278 cm³/mol. The topological polar surface area (TPSA) is 169 Å². The molecule has 4 amide bonds. The molecule has 1 saturated carbocycles. The second-order valence-electron chi connectivity index (χ2n) is 21.5. The zero-order chi connectivity index (χ0) is 53.8. The number of carbonyl (C=O) groups is 3. The average Bonchev–Trinajstić information content (AvgIpc) is 3.80. The third-order valence-corrected chi connectivity index (χ3v) is 16.6. The number of halogens is 2. The van der Waals surface area contributed by atoms with Crippen LogP contribution < -0.4 is 29.9 Å². The lowest BCUT2D eigenvalue weighted by atomic mass is 9.65. The Kier molecular flexibility index (Phi) is 12.8. The largest absolute Gasteiger partial charge is 0.508 e. The minimum Gasteiger partial charge on any atom is -0.508 e. The number of imide groups is 1. The van der Waals surface area contributed by atoms with Gasteiger partial charge in [-0.05, 0) is 104 Å². The number of terminal acetylenes is 1. The number of phenolic OH excluding ortho intramolecular Hbond substituents is 1. The zero-order valence-electron chi connectivity index (χ0n) is 44.7. The lowest BCUT2D eigenvalue weighted by Crippen LogP contribution is -2.51. The van der Waals surface area contributed by atoms with E-state index >= 15 is 8.78 Å². The smallest absolute Gasteiger partial charge is 0.328 e. The molecule has 2 bridgehead atoms. The molecule has 5 aromatic rings. The molecular weight excluding hydrogens is 947 g/mol. The molecule has 0 radical (unpaired) electrons. The highest BCUT2D eigenvalue weighted by molar-refractivity contribution is 6.07. The number of carbonyl (C=O) groups excluding carboxylic acids is 3. The SMILES string of the molecule is [2H]C([2H])([2H])Oc1ccc(C(=O)N2CCC3(CCC(CN4CCN(C[C@@H](C)COc5nc(N6CC7CCC(C6)N7)c6cnc(-c7cc(O)cc8ccc(F)c(C#C)c78)c(F)c6n5)CC4)CC3)CC2)cc1N1CCC(=O)NC1=O. The minimum atomic E-state index is -2.78. The van der Waals surface area contributed by atoms with Crippen LogP contribution in [0.25, 0.3) is 32.9 Å². The van der Waals surface area contributed by atoms with Crippen molar-refractivity contribution in [2.45, 2.75) is 76.8 Å². The number of hydrogen-bond acceptors (Lipinski definition) is 13. The second-order valence-corrected chi connectivity index (χ2v) is 21.5. The summed E-state index contributed by atoms with van der Waals surface area (Å²) < 4.78 is 66.5. The van der Waals surface area contributed by atoms with Gasteiger partial charge in [-0.3, -0.25) is 24.8 Å². The molecule has 3 N–H and O–H groups in total. The fraction of sp³-hybridized carbons (Fsp3) is 0.500. The van der Waals surface area contributed by atoms with E-state index < -0.39 is 30.6 Å². The van der Waals surface area contributed by atoms with Gasteiger partial charge in [0.25, 0.3) is 5.91 Å². The predicted octanol–water partition coefficient (Wildman–Crippen LogP) is 6.95. The van der Waals surface area contributed by atoms with Crippen LogP contribution in [0.4, 0.5) is 25.1 Å². The van der Waals surface area contributed by atoms with Crippen LogP contribution in [0, 0.1) is 41.2 Å². The number of pyridine rings is 1. The van der Waals surface area contributed by atoms with Gasteiger partial charge in [0.1, 0.15) is 34.3 Å². The Bertz CT molecular complexity index is 3140. The molecule has 7 heterocycles. The molecular formula is C56H64F2N10O6. The maximum Gasteiger partial charge on any atom is 0.328 e. The first-order valence-corrected chi connectivity index (χ1v) is 26.1. The quantitative estimate of drug-likeness (QED) is 0.110. The Morgan fingerprint density at radius 1 is 0.959 bits per heavy atom. The summed E-state index contributed by atoms with van der Waals surface area (Å²) in [6.07, 6.45) is 15.8. The number of likely N-dealkylation sites (tertiary alicyclic amines) is 1. The van der Waals surface area contributed by atoms with E-state index in [1.165, 1.54) is 47.4 Å². The van der Waals surface area contributed by atoms with Crippen molar-refractivity contribution in [3.8, 4) is 41.1 Å². The van der Waals surface area contributed by atoms with Crippen molar-refractivity contribution in [3.05, 3.63) is 71.4 Å². The number of nitrogens with one attached hydrogen (secondary N) is 2. The molecule has 6 aliphatic rings. The highest BCUT2D eigenvalue weighted by Crippen LogP contribution is 2.47. The number of amides is 4. The highest BCUT2D eigenvalue weighted by Gasteiger charge is 2.40. The second kappa shape index (κ2) is 20.6. The Morgan fingerprint density at radius 3 is 2.45 bits per heavy atom. The van der Waals surface area contributed by atoms with Gasteiger partial charge in [0.05, 0.1) is 34.4 Å². The number of hydrogen-bond donors (Lipinski definition) is 3. The molecule has 6 fully saturated rings. The van der Waals surface area contributed by atoms with Crippen LogP contribution in [0.1, 0.15) is 84.7 Å². The summed E-state index contributed by atoms with van der Waals surface area (Å²) in [5.41, 5.74) is 0.636. The van der Waals surface area contributed by atoms with Crippen molar-refractivity contribution in [2.75, 3.05) is 95.4 Å². The van der Waals surface area contributed by atoms with Gasteiger partial charge in [-0.2, -0.15) is 9.97 Å². The zero-order valence-corrected chi connectivity index (χ0v) is 41.7. The van der Waals surface area contributed by atoms with Gasteiger partial charge in [-0.1, -0.05) is 18.9 Å². The molecule has 2 aromatic heterocycles. The third kappa shape index (κ3) is 9.89. The average molecular weight is 1010 g/mol. The summed E-state index contributed by atoms with van der Waals surface area (Å²) in [5.74, 6) is 1.44. The van der Waals surface area contributed by atoms with Crippen molar-refractivity contribution < 1.29 is 41.9 Å². The summed E-state index contributed by atoms with van der Waals surface area (Å²) >= 11 is 0. The monoisotopic (exact) mass is 1010 g/mol. The third-order valence-electron chi connectivity index (χ3n) is 16.6. The van der Waals surface area contributed by atoms with Crippen molar-refractivity contribution in [1.29, 1.82) is 0 Å². The van der Waals surface area contributed by atoms with Crippen molar-refractivity contribution in [2.24, 2.45) is 17.3 Å². The van der Waals surface area contributed by atoms with Crippen LogP contribution in [0.5, 0.6) is 17.5 Å². The van der Waals surface area contributed by atoms with E-state index in [9.17, 15) is 19.5 Å². The summed E-state index contributed by atoms with van der Waals surface area (Å²) in [4.78, 5) is 62.9. The van der Waals surface area contributed by atoms with Gasteiger partial charge in [0.15, 0.2) is 5.82 Å². The normalized spacial score (nSPS) is 22.8. The number of piperidine rings is 1. The van der Waals surface area contributed by atoms with Gasteiger partial charge in [-0.25, -0.2) is 13.6 Å². The number of fused-ring (bicyclic) bond motifs is 4. The molecule has 2 unspecified atom stereocenters. The van der Waals surface area contributed by atoms with Crippen LogP contribution in [0.15, 0.2) is 48.7 Å². The lowest BCUT2D eigenvalue weighted by molar-refractivity contribution is -0.120. The lowest BCUT2D eigenvalue weighted by Gasteiger charge is -2.47. The summed E-state index contributed by atoms with van der Waals surface area (Å²) in [5, 5.41) is 17.7. The number of anilines is 2. The van der Waals surface area contributed by atoms with Crippen LogP contribution in [0.2, 0.25) is 0 Å². The van der Waals surface area contributed by atoms with E-state index in [1.807, 2.05) is 4.90 Å². The number of benzene rings is 3. The number of aromatic hydroxyl groups is 1. The van der Waals surface area contributed by atoms with E-state index in [0.717, 1.165) is 90.6 Å². The van der Waals surface area contributed by atoms with Crippen LogP contribution in [-0.4, -0.2) is 150 Å². The van der Waals surface area contributed by atoms with E-state index in [0.29, 0.717) is 60.9 Å². The highest BCUT2D eigenvalue weighted by atomic mass is 19.1. The number of urea groups is 1. The van der Waals surface area contributed by atoms with E-state index in [1.54, 1.807) is 6.20 Å². The van der Waals surface area contributed by atoms with Crippen molar-refractivity contribution in [3.63, 3.8) is 0 Å². The summed E-state index contributed by atoms with van der Waals surface area (Å²) in [6, 6.07) is 9.86. The first-order chi connectivity index (χ1) is 37.0. The molecule has 11 rings (SSSR count). The Balaban J connectivity index is 0.680. The van der Waals surface area contributed by atoms with E-state index in [4.69, 9.17) is 25.0 Å². The Hall–Kier alpha value is -6.68. The number of nitrogens with zero attached hydrogens (tertiary/aromatic N) is 8. The number of phenols is 1. The number of methoxy groups -OCH3 is 1. The molecule has 5 saturated heterocycles. The first-order valence-electron chi connectivity index (χ1n) is 27.6. The molecule has 16 nitrogen and oxygen atoms in total. The first kappa shape index (κ1) is 45.9. The molecule has 3 aromatic carbocycles. The van der Waals surface area contributed by atoms with Crippen LogP contribution in [-0.2, 0) is 4.79 Å². The molecule has 5 aliphatic heterocycles. The van der Waals surface area contributed by atoms with E-state index in [-0.39, 0.29) is 93.2 Å². The Labute approximate surface area is 434 Å². The summed E-state index contributed by atoms with van der Waals surface area (Å²) in [6.45, 7) is 10.8. The number of piperazine rings is 2. The fourth-order valence-electron chi connectivity index (χ4n) is 12.5. The minimum absolute atomic E-state index is 0.0142. The van der Waals surface area contributed by atoms with Crippen molar-refractivity contribution in [1.82, 2.24) is 40.3 Å². The maximum absolute atomic E-state index is 17.1. The summed E-state index contributed by atoms with van der Waals surface area (Å²) in [7, 11) is -2.78. The maximum atomic E-state index is 17.1. The standard InChI is InChI=1S/C56H64F2N10O6/c1-4-41-44(57)9-5-36-25-40(69)27-42(48(36)41)50-49(58)51-43(28-59-50)52(67-31-38-7-8-39(32-67)60-38)63-54(62-51)74-33-34(2)29-64-21-23-65(24-22-64)30-35-11-14-56(15-12-35)16-19-66(20-17-56)53(71)37-6-10-46(73-3)45(26-37)68-18-13-47(70)61-55(68)72/h1,5-6,9-10,25-28,34-35,38-39,60,69H,7-8,11-24,29-33H2,2-3H3,(H,61,70,72)/t34-,38?,39?/m1/s1/i3D3. The number of rotatable bonds is 12. The molecule has 18 heteroatoms. The number of ether oxygens (including phenoxy) is 2. The van der Waals surface area contributed by atoms with Gasteiger partial charge >= 0.3 is 12.0 Å².